The predicted octanol–water partition coefficient (Wildman–Crippen LogP) is 4.30. The molecule has 0 spiro atoms. The number of aryl methyl sites for hydroxylation is 2. The Balaban J connectivity index is 1.64. The van der Waals surface area contributed by atoms with Crippen LogP contribution in [-0.2, 0) is 18.3 Å². The third-order valence-electron chi connectivity index (χ3n) is 4.58. The van der Waals surface area contributed by atoms with Crippen molar-refractivity contribution in [2.45, 2.75) is 13.3 Å². The summed E-state index contributed by atoms with van der Waals surface area (Å²) in [5, 5.41) is 8.18. The van der Waals surface area contributed by atoms with Crippen LogP contribution < -0.4 is 5.43 Å². The fraction of sp³-hybridized carbons (Fsp3) is 0.136. The van der Waals surface area contributed by atoms with E-state index >= 15 is 0 Å². The lowest BCUT2D eigenvalue weighted by Crippen LogP contribution is -2.20. The number of nitrogens with one attached hydrogen (secondary N) is 1. The number of thiazole rings is 1. The molecular weight excluding hydrogens is 368 g/mol. The average Bonchev–Trinajstić information content (AvgIpc) is 3.24. The molecule has 1 N–H and O–H groups in total. The molecular formula is C22H20N4OS. The van der Waals surface area contributed by atoms with Crippen LogP contribution in [0.2, 0.25) is 0 Å². The third kappa shape index (κ3) is 3.59. The molecule has 4 aromatic rings. The number of benzene rings is 2. The van der Waals surface area contributed by atoms with Gasteiger partial charge < -0.3 is 4.57 Å². The summed E-state index contributed by atoms with van der Waals surface area (Å²) in [6, 6.07) is 18.4. The topological polar surface area (TPSA) is 59.3 Å². The first-order chi connectivity index (χ1) is 13.6. The van der Waals surface area contributed by atoms with Gasteiger partial charge in [0.25, 0.3) is 0 Å². The Hall–Kier alpha value is -3.25. The van der Waals surface area contributed by atoms with Gasteiger partial charge in [-0.1, -0.05) is 48.5 Å². The highest BCUT2D eigenvalue weighted by Gasteiger charge is 2.15. The van der Waals surface area contributed by atoms with Crippen LogP contribution in [0, 0.1) is 6.92 Å². The summed E-state index contributed by atoms with van der Waals surface area (Å²) in [5.74, 6) is -0.178. The molecule has 0 saturated carbocycles. The minimum absolute atomic E-state index is 0.178. The predicted molar refractivity (Wildman–Crippen MR) is 115 cm³/mol. The van der Waals surface area contributed by atoms with Crippen LogP contribution in [0.1, 0.15) is 16.3 Å². The minimum Gasteiger partial charge on any atom is -0.343 e. The second-order valence-corrected chi connectivity index (χ2v) is 7.59. The van der Waals surface area contributed by atoms with Crippen molar-refractivity contribution in [1.82, 2.24) is 15.0 Å². The standard InChI is InChI=1S/C22H20N4OS/c1-15-24-17(14-28-15)12-21(27)25-23-13-19-18-10-6-7-11-20(18)26(2)22(19)16-8-4-3-5-9-16/h3-11,13-14H,12H2,1-2H3,(H,25,27). The van der Waals surface area contributed by atoms with Crippen molar-refractivity contribution >= 4 is 34.4 Å². The number of aromatic nitrogens is 2. The zero-order valence-electron chi connectivity index (χ0n) is 15.7. The largest absolute Gasteiger partial charge is 0.343 e. The molecule has 0 fully saturated rings. The molecule has 140 valence electrons. The molecule has 0 saturated heterocycles. The molecule has 0 atom stereocenters. The maximum absolute atomic E-state index is 12.2. The van der Waals surface area contributed by atoms with E-state index in [-0.39, 0.29) is 12.3 Å². The van der Waals surface area contributed by atoms with Crippen LogP contribution in [-0.4, -0.2) is 21.7 Å². The Bertz CT molecular complexity index is 1160. The van der Waals surface area contributed by atoms with E-state index in [9.17, 15) is 4.79 Å². The van der Waals surface area contributed by atoms with Gasteiger partial charge in [0.2, 0.25) is 5.91 Å². The van der Waals surface area contributed by atoms with Crippen LogP contribution >= 0.6 is 11.3 Å². The highest BCUT2D eigenvalue weighted by atomic mass is 32.1. The van der Waals surface area contributed by atoms with Gasteiger partial charge in [0.05, 0.1) is 29.0 Å². The summed E-state index contributed by atoms with van der Waals surface area (Å²) in [6.07, 6.45) is 1.96. The molecule has 2 heterocycles. The number of amides is 1. The van der Waals surface area contributed by atoms with Crippen molar-refractivity contribution < 1.29 is 4.79 Å². The van der Waals surface area contributed by atoms with Gasteiger partial charge in [-0.15, -0.1) is 11.3 Å². The highest BCUT2D eigenvalue weighted by Crippen LogP contribution is 2.31. The first kappa shape index (κ1) is 18.1. The minimum atomic E-state index is -0.178. The first-order valence-corrected chi connectivity index (χ1v) is 9.87. The molecule has 1 amide bonds. The second-order valence-electron chi connectivity index (χ2n) is 6.53. The van der Waals surface area contributed by atoms with Gasteiger partial charge >= 0.3 is 0 Å². The van der Waals surface area contributed by atoms with Crippen LogP contribution in [0.4, 0.5) is 0 Å². The monoisotopic (exact) mass is 388 g/mol. The number of hydrogen-bond acceptors (Lipinski definition) is 4. The number of nitrogens with zero attached hydrogens (tertiary/aromatic N) is 3. The fourth-order valence-corrected chi connectivity index (χ4v) is 3.97. The van der Waals surface area contributed by atoms with E-state index < -0.39 is 0 Å². The van der Waals surface area contributed by atoms with Crippen molar-refractivity contribution in [3.8, 4) is 11.3 Å². The van der Waals surface area contributed by atoms with E-state index in [1.165, 1.54) is 11.3 Å². The molecule has 0 unspecified atom stereocenters. The number of hydrazone groups is 1. The molecule has 6 heteroatoms. The number of para-hydroxylation sites is 1. The molecule has 0 radical (unpaired) electrons. The van der Waals surface area contributed by atoms with Crippen LogP contribution in [0.5, 0.6) is 0 Å². The van der Waals surface area contributed by atoms with Crippen LogP contribution in [0.3, 0.4) is 0 Å². The quantitative estimate of drug-likeness (QED) is 0.409. The Morgan fingerprint density at radius 3 is 2.68 bits per heavy atom. The maximum atomic E-state index is 12.2. The lowest BCUT2D eigenvalue weighted by atomic mass is 10.1. The molecule has 28 heavy (non-hydrogen) atoms. The van der Waals surface area contributed by atoms with Gasteiger partial charge in [-0.25, -0.2) is 10.4 Å². The number of carbonyl (C=O) groups is 1. The smallest absolute Gasteiger partial charge is 0.246 e. The number of carbonyl (C=O) groups excluding carboxylic acids is 1. The van der Waals surface area contributed by atoms with Crippen molar-refractivity contribution in [3.05, 3.63) is 76.2 Å². The Labute approximate surface area is 167 Å². The summed E-state index contributed by atoms with van der Waals surface area (Å²) in [6.45, 7) is 1.93. The summed E-state index contributed by atoms with van der Waals surface area (Å²) in [5.41, 5.74) is 7.66. The SMILES string of the molecule is Cc1nc(CC(=O)NN=Cc2c(-c3ccccc3)n(C)c3ccccc23)cs1. The summed E-state index contributed by atoms with van der Waals surface area (Å²) in [4.78, 5) is 16.5. The van der Waals surface area contributed by atoms with E-state index in [1.54, 1.807) is 6.21 Å². The molecule has 0 aliphatic carbocycles. The lowest BCUT2D eigenvalue weighted by molar-refractivity contribution is -0.120. The maximum Gasteiger partial charge on any atom is 0.246 e. The van der Waals surface area contributed by atoms with Crippen molar-refractivity contribution in [3.63, 3.8) is 0 Å². The number of hydrogen-bond donors (Lipinski definition) is 1. The van der Waals surface area contributed by atoms with Gasteiger partial charge in [-0.05, 0) is 18.6 Å². The van der Waals surface area contributed by atoms with Gasteiger partial charge in [0.15, 0.2) is 0 Å². The molecule has 5 nitrogen and oxygen atoms in total. The fourth-order valence-electron chi connectivity index (χ4n) is 3.36. The van der Waals surface area contributed by atoms with Crippen molar-refractivity contribution in [1.29, 1.82) is 0 Å². The van der Waals surface area contributed by atoms with Crippen molar-refractivity contribution in [2.24, 2.45) is 12.1 Å². The van der Waals surface area contributed by atoms with Gasteiger partial charge in [-0.2, -0.15) is 5.10 Å². The summed E-state index contributed by atoms with van der Waals surface area (Å²) >= 11 is 1.54. The average molecular weight is 388 g/mol. The molecule has 2 aromatic carbocycles. The van der Waals surface area contributed by atoms with Crippen LogP contribution in [0.15, 0.2) is 65.1 Å². The highest BCUT2D eigenvalue weighted by molar-refractivity contribution is 7.09. The Kier molecular flexibility index (Phi) is 5.04. The normalized spacial score (nSPS) is 11.4. The van der Waals surface area contributed by atoms with E-state index in [4.69, 9.17) is 0 Å². The van der Waals surface area contributed by atoms with E-state index in [2.05, 4.69) is 44.3 Å². The molecule has 0 aliphatic rings. The van der Waals surface area contributed by atoms with E-state index in [0.717, 1.165) is 38.4 Å². The zero-order valence-corrected chi connectivity index (χ0v) is 16.5. The molecule has 0 aliphatic heterocycles. The number of fused-ring (bicyclic) bond motifs is 1. The van der Waals surface area contributed by atoms with Crippen molar-refractivity contribution in [2.75, 3.05) is 0 Å². The number of rotatable bonds is 5. The Morgan fingerprint density at radius 1 is 1.18 bits per heavy atom. The summed E-state index contributed by atoms with van der Waals surface area (Å²) < 4.78 is 2.16. The van der Waals surface area contributed by atoms with Gasteiger partial charge in [0, 0.05) is 28.9 Å². The third-order valence-corrected chi connectivity index (χ3v) is 5.41. The molecule has 4 rings (SSSR count). The van der Waals surface area contributed by atoms with E-state index in [1.807, 2.05) is 49.7 Å². The second kappa shape index (κ2) is 7.78. The van der Waals surface area contributed by atoms with Crippen LogP contribution in [0.25, 0.3) is 22.2 Å². The summed E-state index contributed by atoms with van der Waals surface area (Å²) in [7, 11) is 2.05. The zero-order chi connectivity index (χ0) is 19.5. The Morgan fingerprint density at radius 2 is 1.93 bits per heavy atom. The molecule has 0 bridgehead atoms. The van der Waals surface area contributed by atoms with Gasteiger partial charge in [-0.3, -0.25) is 4.79 Å². The first-order valence-electron chi connectivity index (χ1n) is 8.99. The lowest BCUT2D eigenvalue weighted by Gasteiger charge is -2.06. The van der Waals surface area contributed by atoms with Gasteiger partial charge in [0.1, 0.15) is 0 Å². The molecule has 2 aromatic heterocycles. The van der Waals surface area contributed by atoms with E-state index in [0.29, 0.717) is 0 Å².